The lowest BCUT2D eigenvalue weighted by Gasteiger charge is -2.21. The Morgan fingerprint density at radius 3 is 3.21 bits per heavy atom. The summed E-state index contributed by atoms with van der Waals surface area (Å²) in [7, 11) is 0. The zero-order valence-corrected chi connectivity index (χ0v) is 13.2. The highest BCUT2D eigenvalue weighted by Gasteiger charge is 2.25. The first-order valence-corrected chi connectivity index (χ1v) is 8.24. The Morgan fingerprint density at radius 1 is 1.53 bits per heavy atom. The van der Waals surface area contributed by atoms with Gasteiger partial charge in [-0.15, -0.1) is 11.3 Å². The zero-order valence-electron chi connectivity index (χ0n) is 10.8. The van der Waals surface area contributed by atoms with E-state index in [0.717, 1.165) is 28.1 Å². The van der Waals surface area contributed by atoms with E-state index in [-0.39, 0.29) is 0 Å². The summed E-state index contributed by atoms with van der Waals surface area (Å²) in [6.45, 7) is 3.16. The number of nitrogens with one attached hydrogen (secondary N) is 1. The quantitative estimate of drug-likeness (QED) is 0.921. The van der Waals surface area contributed by atoms with Gasteiger partial charge in [0.15, 0.2) is 0 Å². The van der Waals surface area contributed by atoms with Gasteiger partial charge in [-0.2, -0.15) is 0 Å². The monoisotopic (exact) mass is 337 g/mol. The second-order valence-electron chi connectivity index (χ2n) is 4.67. The molecule has 2 aromatic rings. The van der Waals surface area contributed by atoms with E-state index in [1.807, 2.05) is 18.3 Å². The summed E-state index contributed by atoms with van der Waals surface area (Å²) in [6, 6.07) is 4.43. The first-order valence-electron chi connectivity index (χ1n) is 6.63. The van der Waals surface area contributed by atoms with Crippen molar-refractivity contribution in [2.45, 2.75) is 32.2 Å². The predicted octanol–water partition coefficient (Wildman–Crippen LogP) is 3.95. The summed E-state index contributed by atoms with van der Waals surface area (Å²) >= 11 is 5.35. The Labute approximate surface area is 125 Å². The van der Waals surface area contributed by atoms with E-state index in [1.54, 1.807) is 11.3 Å². The molecule has 1 aliphatic carbocycles. The van der Waals surface area contributed by atoms with E-state index in [9.17, 15) is 0 Å². The third-order valence-electron chi connectivity index (χ3n) is 3.36. The van der Waals surface area contributed by atoms with Crippen molar-refractivity contribution >= 4 is 27.3 Å². The third kappa shape index (κ3) is 2.59. The summed E-state index contributed by atoms with van der Waals surface area (Å²) in [5.41, 5.74) is 2.21. The van der Waals surface area contributed by atoms with Gasteiger partial charge in [-0.25, -0.2) is 4.98 Å². The molecule has 0 radical (unpaired) electrons. The summed E-state index contributed by atoms with van der Waals surface area (Å²) < 4.78 is 1.01. The molecule has 0 bridgehead atoms. The van der Waals surface area contributed by atoms with E-state index in [0.29, 0.717) is 6.04 Å². The van der Waals surface area contributed by atoms with Crippen LogP contribution in [0.3, 0.4) is 0 Å². The smallest absolute Gasteiger partial charge is 0.143 e. The number of hydrogen-bond donors (Lipinski definition) is 1. The van der Waals surface area contributed by atoms with E-state index < -0.39 is 0 Å². The SMILES string of the molecule is CCNC1CCCc2nc(-c3ncccc3Br)sc21. The Bertz CT molecular complexity index is 582. The molecule has 19 heavy (non-hydrogen) atoms. The van der Waals surface area contributed by atoms with Crippen LogP contribution in [0.25, 0.3) is 10.7 Å². The van der Waals surface area contributed by atoms with Gasteiger partial charge < -0.3 is 5.32 Å². The predicted molar refractivity (Wildman–Crippen MR) is 82.4 cm³/mol. The number of pyridine rings is 1. The van der Waals surface area contributed by atoms with Crippen LogP contribution in [-0.2, 0) is 6.42 Å². The number of aromatic nitrogens is 2. The van der Waals surface area contributed by atoms with E-state index in [1.165, 1.54) is 23.4 Å². The maximum absolute atomic E-state index is 4.80. The van der Waals surface area contributed by atoms with E-state index >= 15 is 0 Å². The second kappa shape index (κ2) is 5.69. The summed E-state index contributed by atoms with van der Waals surface area (Å²) in [4.78, 5) is 10.6. The first kappa shape index (κ1) is 13.2. The highest BCUT2D eigenvalue weighted by molar-refractivity contribution is 9.10. The zero-order chi connectivity index (χ0) is 13.2. The fraction of sp³-hybridized carbons (Fsp3) is 0.429. The van der Waals surface area contributed by atoms with Crippen LogP contribution in [0.2, 0.25) is 0 Å². The highest BCUT2D eigenvalue weighted by atomic mass is 79.9. The van der Waals surface area contributed by atoms with Crippen LogP contribution in [0, 0.1) is 0 Å². The maximum atomic E-state index is 4.80. The number of hydrogen-bond acceptors (Lipinski definition) is 4. The number of thiazole rings is 1. The van der Waals surface area contributed by atoms with Gasteiger partial charge in [0.05, 0.1) is 5.69 Å². The molecule has 2 heterocycles. The fourth-order valence-corrected chi connectivity index (χ4v) is 4.31. The summed E-state index contributed by atoms with van der Waals surface area (Å²) in [6.07, 6.45) is 5.35. The molecule has 0 amide bonds. The lowest BCUT2D eigenvalue weighted by molar-refractivity contribution is 0.476. The van der Waals surface area contributed by atoms with Crippen molar-refractivity contribution in [2.75, 3.05) is 6.54 Å². The van der Waals surface area contributed by atoms with Gasteiger partial charge >= 0.3 is 0 Å². The molecular formula is C14H16BrN3S. The van der Waals surface area contributed by atoms with Gasteiger partial charge in [0.25, 0.3) is 0 Å². The molecule has 2 aromatic heterocycles. The molecule has 3 nitrogen and oxygen atoms in total. The van der Waals surface area contributed by atoms with Crippen LogP contribution in [0.4, 0.5) is 0 Å². The van der Waals surface area contributed by atoms with Crippen molar-refractivity contribution in [3.63, 3.8) is 0 Å². The Morgan fingerprint density at radius 2 is 2.42 bits per heavy atom. The van der Waals surface area contributed by atoms with Crippen molar-refractivity contribution < 1.29 is 0 Å². The second-order valence-corrected chi connectivity index (χ2v) is 6.55. The third-order valence-corrected chi connectivity index (χ3v) is 5.22. The molecule has 1 aliphatic rings. The van der Waals surface area contributed by atoms with Gasteiger partial charge in [0.1, 0.15) is 10.7 Å². The largest absolute Gasteiger partial charge is 0.309 e. The molecule has 1 unspecified atom stereocenters. The summed E-state index contributed by atoms with van der Waals surface area (Å²) in [5, 5.41) is 4.59. The molecule has 0 saturated heterocycles. The average molecular weight is 338 g/mol. The van der Waals surface area contributed by atoms with Gasteiger partial charge in [0.2, 0.25) is 0 Å². The lowest BCUT2D eigenvalue weighted by atomic mass is 9.98. The van der Waals surface area contributed by atoms with Crippen LogP contribution in [0.5, 0.6) is 0 Å². The Balaban J connectivity index is 2.00. The van der Waals surface area contributed by atoms with Crippen LogP contribution in [-0.4, -0.2) is 16.5 Å². The minimum atomic E-state index is 0.475. The van der Waals surface area contributed by atoms with Crippen LogP contribution in [0.15, 0.2) is 22.8 Å². The normalized spacial score (nSPS) is 18.3. The van der Waals surface area contributed by atoms with Crippen LogP contribution >= 0.6 is 27.3 Å². The molecule has 0 aromatic carbocycles. The van der Waals surface area contributed by atoms with Gasteiger partial charge in [0, 0.05) is 21.6 Å². The molecule has 3 rings (SSSR count). The van der Waals surface area contributed by atoms with Crippen LogP contribution in [0.1, 0.15) is 36.4 Å². The fourth-order valence-electron chi connectivity index (χ4n) is 2.51. The van der Waals surface area contributed by atoms with Gasteiger partial charge in [-0.3, -0.25) is 4.98 Å². The number of fused-ring (bicyclic) bond motifs is 1. The van der Waals surface area contributed by atoms with Gasteiger partial charge in [-0.1, -0.05) is 6.92 Å². The highest BCUT2D eigenvalue weighted by Crippen LogP contribution is 2.38. The molecule has 0 fully saturated rings. The minimum Gasteiger partial charge on any atom is -0.309 e. The first-order chi connectivity index (χ1) is 9.29. The van der Waals surface area contributed by atoms with E-state index in [2.05, 4.69) is 33.2 Å². The molecule has 100 valence electrons. The van der Waals surface area contributed by atoms with E-state index in [4.69, 9.17) is 4.98 Å². The van der Waals surface area contributed by atoms with Crippen LogP contribution < -0.4 is 5.32 Å². The van der Waals surface area contributed by atoms with Crippen molar-refractivity contribution in [3.8, 4) is 10.7 Å². The molecule has 5 heteroatoms. The maximum Gasteiger partial charge on any atom is 0.143 e. The van der Waals surface area contributed by atoms with Crippen molar-refractivity contribution in [3.05, 3.63) is 33.4 Å². The average Bonchev–Trinajstić information content (AvgIpc) is 2.84. The van der Waals surface area contributed by atoms with Crippen molar-refractivity contribution in [2.24, 2.45) is 0 Å². The van der Waals surface area contributed by atoms with Crippen molar-refractivity contribution in [1.29, 1.82) is 0 Å². The summed E-state index contributed by atoms with van der Waals surface area (Å²) in [5.74, 6) is 0. The molecule has 0 aliphatic heterocycles. The number of rotatable bonds is 3. The molecule has 1 N–H and O–H groups in total. The topological polar surface area (TPSA) is 37.8 Å². The molecule has 0 saturated carbocycles. The minimum absolute atomic E-state index is 0.475. The Hall–Kier alpha value is -0.780. The standard InChI is InChI=1S/C14H16BrN3S/c1-2-16-10-6-3-7-11-13(10)19-14(18-11)12-9(15)5-4-8-17-12/h4-5,8,10,16H,2-3,6-7H2,1H3. The van der Waals surface area contributed by atoms with Gasteiger partial charge in [-0.05, 0) is 53.9 Å². The molecule has 0 spiro atoms. The number of aryl methyl sites for hydroxylation is 1. The number of nitrogens with zero attached hydrogens (tertiary/aromatic N) is 2. The Kier molecular flexibility index (Phi) is 3.96. The number of halogens is 1. The molecule has 1 atom stereocenters. The van der Waals surface area contributed by atoms with Crippen molar-refractivity contribution in [1.82, 2.24) is 15.3 Å². The lowest BCUT2D eigenvalue weighted by Crippen LogP contribution is -2.23. The molecular weight excluding hydrogens is 322 g/mol.